The van der Waals surface area contributed by atoms with Crippen LogP contribution in [-0.2, 0) is 6.54 Å². The summed E-state index contributed by atoms with van der Waals surface area (Å²) in [6.45, 7) is 12.0. The molecule has 0 unspecified atom stereocenters. The molecule has 0 aliphatic carbocycles. The van der Waals surface area contributed by atoms with E-state index in [0.29, 0.717) is 18.6 Å². The maximum Gasteiger partial charge on any atom is 0.194 e. The van der Waals surface area contributed by atoms with Crippen molar-refractivity contribution >= 4 is 5.96 Å². The molecule has 1 N–H and O–H groups in total. The normalized spacial score (nSPS) is 17.2. The summed E-state index contributed by atoms with van der Waals surface area (Å²) in [5.74, 6) is 1.95. The number of nitrogens with zero attached hydrogens (tertiary/aromatic N) is 3. The van der Waals surface area contributed by atoms with E-state index in [4.69, 9.17) is 9.73 Å². The van der Waals surface area contributed by atoms with E-state index < -0.39 is 0 Å². The summed E-state index contributed by atoms with van der Waals surface area (Å²) in [4.78, 5) is 9.37. The number of hydrogen-bond acceptors (Lipinski definition) is 3. The summed E-state index contributed by atoms with van der Waals surface area (Å²) < 4.78 is 5.95. The third-order valence-electron chi connectivity index (χ3n) is 4.48. The second-order valence-corrected chi connectivity index (χ2v) is 7.77. The van der Waals surface area contributed by atoms with Gasteiger partial charge in [-0.25, -0.2) is 4.99 Å². The van der Waals surface area contributed by atoms with E-state index in [2.05, 4.69) is 62.1 Å². The minimum absolute atomic E-state index is 0.364. The maximum atomic E-state index is 5.95. The Kier molecular flexibility index (Phi) is 7.12. The minimum Gasteiger partial charge on any atom is -0.492 e. The summed E-state index contributed by atoms with van der Waals surface area (Å²) in [7, 11) is 4.11. The number of likely N-dealkylation sites (tertiary alicyclic amines) is 1. The molecule has 1 heterocycles. The Hall–Kier alpha value is -1.75. The average Bonchev–Trinajstić information content (AvgIpc) is 2.92. The summed E-state index contributed by atoms with van der Waals surface area (Å²) in [5.41, 5.74) is 1.50. The third kappa shape index (κ3) is 6.24. The second-order valence-electron chi connectivity index (χ2n) is 7.77. The number of aliphatic imine (C=N–C) groups is 1. The summed E-state index contributed by atoms with van der Waals surface area (Å²) in [5, 5.41) is 3.44. The largest absolute Gasteiger partial charge is 0.492 e. The van der Waals surface area contributed by atoms with Gasteiger partial charge in [0.25, 0.3) is 0 Å². The van der Waals surface area contributed by atoms with Crippen LogP contribution in [0.1, 0.15) is 32.8 Å². The molecule has 2 rings (SSSR count). The molecule has 5 heteroatoms. The van der Waals surface area contributed by atoms with Crippen LogP contribution < -0.4 is 10.1 Å². The molecule has 1 aliphatic rings. The van der Waals surface area contributed by atoms with Gasteiger partial charge in [0.2, 0.25) is 0 Å². The van der Waals surface area contributed by atoms with Gasteiger partial charge < -0.3 is 19.9 Å². The first-order chi connectivity index (χ1) is 11.9. The van der Waals surface area contributed by atoms with Crippen LogP contribution in [-0.4, -0.2) is 62.6 Å². The van der Waals surface area contributed by atoms with Gasteiger partial charge in [-0.15, -0.1) is 0 Å². The number of likely N-dealkylation sites (N-methyl/N-ethyl adjacent to an activating group) is 1. The molecule has 0 bridgehead atoms. The molecule has 140 valence electrons. The quantitative estimate of drug-likeness (QED) is 0.609. The molecule has 5 nitrogen and oxygen atoms in total. The number of ether oxygens (including phenoxy) is 1. The zero-order chi connectivity index (χ0) is 18.3. The van der Waals surface area contributed by atoms with E-state index in [-0.39, 0.29) is 0 Å². The fourth-order valence-electron chi connectivity index (χ4n) is 2.99. The summed E-state index contributed by atoms with van der Waals surface area (Å²) >= 11 is 0. The van der Waals surface area contributed by atoms with Crippen LogP contribution in [0.5, 0.6) is 5.75 Å². The molecule has 0 amide bonds. The van der Waals surface area contributed by atoms with Crippen LogP contribution >= 0.6 is 0 Å². The van der Waals surface area contributed by atoms with Crippen molar-refractivity contribution in [1.82, 2.24) is 15.1 Å². The van der Waals surface area contributed by atoms with Gasteiger partial charge in [0.05, 0.1) is 6.54 Å². The number of hydrogen-bond donors (Lipinski definition) is 1. The topological polar surface area (TPSA) is 40.1 Å². The monoisotopic (exact) mass is 346 g/mol. The van der Waals surface area contributed by atoms with Gasteiger partial charge in [0, 0.05) is 31.7 Å². The lowest BCUT2D eigenvalue weighted by molar-refractivity contribution is 0.259. The molecule has 0 spiro atoms. The van der Waals surface area contributed by atoms with Crippen LogP contribution in [0.2, 0.25) is 0 Å². The van der Waals surface area contributed by atoms with Gasteiger partial charge in [-0.2, -0.15) is 0 Å². The Labute approximate surface area is 153 Å². The molecule has 1 aromatic rings. The lowest BCUT2D eigenvalue weighted by atomic mass is 9.93. The van der Waals surface area contributed by atoms with Crippen LogP contribution in [0.4, 0.5) is 0 Å². The number of nitrogens with one attached hydrogen (secondary N) is 1. The third-order valence-corrected chi connectivity index (χ3v) is 4.48. The predicted octanol–water partition coefficient (Wildman–Crippen LogP) is 2.82. The van der Waals surface area contributed by atoms with Crippen molar-refractivity contribution in [3.8, 4) is 5.75 Å². The van der Waals surface area contributed by atoms with Crippen LogP contribution in [0, 0.1) is 5.41 Å². The Bertz CT molecular complexity index is 569. The molecule has 1 saturated heterocycles. The Balaban J connectivity index is 2.04. The van der Waals surface area contributed by atoms with Crippen LogP contribution in [0.3, 0.4) is 0 Å². The SMILES string of the molecule is CCNC(=NCc1ccccc1OCCN(C)C)N1CCC(C)(C)C1. The molecular weight excluding hydrogens is 312 g/mol. The van der Waals surface area contributed by atoms with E-state index in [1.807, 2.05) is 12.1 Å². The van der Waals surface area contributed by atoms with Gasteiger partial charge in [0.15, 0.2) is 5.96 Å². The molecule has 0 radical (unpaired) electrons. The van der Waals surface area contributed by atoms with E-state index in [0.717, 1.165) is 43.5 Å². The maximum absolute atomic E-state index is 5.95. The van der Waals surface area contributed by atoms with Gasteiger partial charge in [0.1, 0.15) is 12.4 Å². The van der Waals surface area contributed by atoms with Crippen molar-refractivity contribution in [3.63, 3.8) is 0 Å². The van der Waals surface area contributed by atoms with Crippen molar-refractivity contribution < 1.29 is 4.74 Å². The van der Waals surface area contributed by atoms with Gasteiger partial charge >= 0.3 is 0 Å². The van der Waals surface area contributed by atoms with Crippen molar-refractivity contribution in [1.29, 1.82) is 0 Å². The number of benzene rings is 1. The minimum atomic E-state index is 0.364. The van der Waals surface area contributed by atoms with Crippen molar-refractivity contribution in [3.05, 3.63) is 29.8 Å². The highest BCUT2D eigenvalue weighted by molar-refractivity contribution is 5.80. The standard InChI is InChI=1S/C20H34N4O/c1-6-21-19(24-12-11-20(2,3)16-24)22-15-17-9-7-8-10-18(17)25-14-13-23(4)5/h7-10H,6,11-16H2,1-5H3,(H,21,22). The molecule has 1 aromatic carbocycles. The molecular formula is C20H34N4O. The first kappa shape index (κ1) is 19.6. The van der Waals surface area contributed by atoms with Crippen LogP contribution in [0.25, 0.3) is 0 Å². The highest BCUT2D eigenvalue weighted by Crippen LogP contribution is 2.29. The van der Waals surface area contributed by atoms with E-state index >= 15 is 0 Å². The Morgan fingerprint density at radius 1 is 1.32 bits per heavy atom. The highest BCUT2D eigenvalue weighted by Gasteiger charge is 2.30. The Morgan fingerprint density at radius 3 is 2.72 bits per heavy atom. The zero-order valence-electron chi connectivity index (χ0n) is 16.5. The lowest BCUT2D eigenvalue weighted by Gasteiger charge is -2.23. The second kappa shape index (κ2) is 9.09. The van der Waals surface area contributed by atoms with Gasteiger partial charge in [-0.1, -0.05) is 32.0 Å². The van der Waals surface area contributed by atoms with Gasteiger partial charge in [-0.05, 0) is 38.9 Å². The lowest BCUT2D eigenvalue weighted by Crippen LogP contribution is -2.40. The molecule has 0 saturated carbocycles. The van der Waals surface area contributed by atoms with Crippen LogP contribution in [0.15, 0.2) is 29.3 Å². The smallest absolute Gasteiger partial charge is 0.194 e. The van der Waals surface area contributed by atoms with Crippen molar-refractivity contribution in [2.24, 2.45) is 10.4 Å². The number of para-hydroxylation sites is 1. The molecule has 0 aromatic heterocycles. The first-order valence-corrected chi connectivity index (χ1v) is 9.30. The zero-order valence-corrected chi connectivity index (χ0v) is 16.5. The molecule has 1 fully saturated rings. The average molecular weight is 347 g/mol. The summed E-state index contributed by atoms with van der Waals surface area (Å²) in [6.07, 6.45) is 1.21. The van der Waals surface area contributed by atoms with E-state index in [9.17, 15) is 0 Å². The predicted molar refractivity (Wildman–Crippen MR) is 105 cm³/mol. The molecule has 0 atom stereocenters. The summed E-state index contributed by atoms with van der Waals surface area (Å²) in [6, 6.07) is 8.21. The Morgan fingerprint density at radius 2 is 2.08 bits per heavy atom. The fraction of sp³-hybridized carbons (Fsp3) is 0.650. The number of rotatable bonds is 7. The molecule has 25 heavy (non-hydrogen) atoms. The first-order valence-electron chi connectivity index (χ1n) is 9.30. The van der Waals surface area contributed by atoms with Gasteiger partial charge in [-0.3, -0.25) is 0 Å². The number of guanidine groups is 1. The highest BCUT2D eigenvalue weighted by atomic mass is 16.5. The van der Waals surface area contributed by atoms with Crippen molar-refractivity contribution in [2.45, 2.75) is 33.7 Å². The van der Waals surface area contributed by atoms with Crippen molar-refractivity contribution in [2.75, 3.05) is 46.9 Å². The molecule has 1 aliphatic heterocycles. The fourth-order valence-corrected chi connectivity index (χ4v) is 2.99. The van der Waals surface area contributed by atoms with E-state index in [1.54, 1.807) is 0 Å². The van der Waals surface area contributed by atoms with E-state index in [1.165, 1.54) is 6.42 Å².